The second-order valence-corrected chi connectivity index (χ2v) is 7.95. The Bertz CT molecular complexity index is 830. The van der Waals surface area contributed by atoms with Gasteiger partial charge in [-0.25, -0.2) is 4.39 Å². The van der Waals surface area contributed by atoms with E-state index in [-0.39, 0.29) is 18.6 Å². The van der Waals surface area contributed by atoms with Crippen molar-refractivity contribution in [3.8, 4) is 5.75 Å². The highest BCUT2D eigenvalue weighted by atomic mass is 19.1. The lowest BCUT2D eigenvalue weighted by Gasteiger charge is -2.31. The van der Waals surface area contributed by atoms with Crippen molar-refractivity contribution < 1.29 is 23.1 Å². The molecule has 0 spiro atoms. The van der Waals surface area contributed by atoms with E-state index in [1.54, 1.807) is 0 Å². The molecule has 2 heterocycles. The zero-order valence-electron chi connectivity index (χ0n) is 16.7. The normalized spacial score (nSPS) is 18.8. The molecule has 29 heavy (non-hydrogen) atoms. The molecule has 1 aliphatic heterocycles. The van der Waals surface area contributed by atoms with Crippen LogP contribution in [0.25, 0.3) is 11.1 Å². The first-order valence-electron chi connectivity index (χ1n) is 10.3. The summed E-state index contributed by atoms with van der Waals surface area (Å²) >= 11 is 0. The van der Waals surface area contributed by atoms with E-state index in [1.807, 2.05) is 18.2 Å². The van der Waals surface area contributed by atoms with Crippen LogP contribution in [0, 0.1) is 5.92 Å². The van der Waals surface area contributed by atoms with E-state index in [4.69, 9.17) is 13.9 Å². The molecular formula is C21H28FN3O4. The lowest BCUT2D eigenvalue weighted by Crippen LogP contribution is -2.42. The van der Waals surface area contributed by atoms with Crippen LogP contribution in [0.5, 0.6) is 5.75 Å². The average Bonchev–Trinajstić information content (AvgIpc) is 3.46. The number of carbonyl (C=O) groups excluding carboxylic acids is 1. The largest absolute Gasteiger partial charge is 0.493 e. The maximum absolute atomic E-state index is 12.9. The molecule has 7 nitrogen and oxygen atoms in total. The molecule has 1 unspecified atom stereocenters. The number of nitrogens with one attached hydrogen (secondary N) is 1. The first-order valence-corrected chi connectivity index (χ1v) is 10.3. The molecule has 1 atom stereocenters. The van der Waals surface area contributed by atoms with Crippen molar-refractivity contribution in [1.29, 1.82) is 0 Å². The molecule has 0 bridgehead atoms. The van der Waals surface area contributed by atoms with Crippen LogP contribution in [0.3, 0.4) is 0 Å². The standard InChI is InChI=1S/C21H28FN3O4/c1-14(26)23-16(11-22)13-28-17-6-8-25(9-7-17)21-24-19-5-4-18(10-20(19)29-21)27-12-15-2-3-15/h4-5,10,15-17H,2-3,6-9,11-13H2,1H3,(H,23,26). The number of fused-ring (bicyclic) bond motifs is 1. The van der Waals surface area contributed by atoms with Gasteiger partial charge in [0.2, 0.25) is 5.91 Å². The summed E-state index contributed by atoms with van der Waals surface area (Å²) in [5.41, 5.74) is 1.55. The second-order valence-electron chi connectivity index (χ2n) is 7.95. The summed E-state index contributed by atoms with van der Waals surface area (Å²) in [5.74, 6) is 1.28. The Labute approximate surface area is 169 Å². The van der Waals surface area contributed by atoms with E-state index in [0.717, 1.165) is 49.4 Å². The summed E-state index contributed by atoms with van der Waals surface area (Å²) in [7, 11) is 0. The van der Waals surface area contributed by atoms with Crippen molar-refractivity contribution in [2.24, 2.45) is 5.92 Å². The molecule has 1 aromatic heterocycles. The number of halogens is 1. The zero-order chi connectivity index (χ0) is 20.2. The van der Waals surface area contributed by atoms with Gasteiger partial charge in [-0.05, 0) is 43.7 Å². The molecule has 1 aromatic carbocycles. The predicted molar refractivity (Wildman–Crippen MR) is 107 cm³/mol. The summed E-state index contributed by atoms with van der Waals surface area (Å²) in [6.07, 6.45) is 4.16. The molecule has 0 radical (unpaired) electrons. The fourth-order valence-corrected chi connectivity index (χ4v) is 3.49. The number of benzene rings is 1. The molecule has 1 amide bonds. The fraction of sp³-hybridized carbons (Fsp3) is 0.619. The number of amides is 1. The molecule has 158 valence electrons. The van der Waals surface area contributed by atoms with Crippen LogP contribution in [-0.4, -0.2) is 56.0 Å². The number of hydrogen-bond donors (Lipinski definition) is 1. The fourth-order valence-electron chi connectivity index (χ4n) is 3.49. The molecule has 2 fully saturated rings. The Hall–Kier alpha value is -2.35. The number of hydrogen-bond acceptors (Lipinski definition) is 6. The van der Waals surface area contributed by atoms with Crippen molar-refractivity contribution >= 4 is 23.0 Å². The summed E-state index contributed by atoms with van der Waals surface area (Å²) in [5, 5.41) is 2.56. The van der Waals surface area contributed by atoms with Crippen molar-refractivity contribution in [2.75, 3.05) is 37.9 Å². The lowest BCUT2D eigenvalue weighted by atomic mass is 10.1. The number of rotatable bonds is 9. The Morgan fingerprint density at radius 3 is 2.83 bits per heavy atom. The Balaban J connectivity index is 1.28. The van der Waals surface area contributed by atoms with Crippen LogP contribution >= 0.6 is 0 Å². The van der Waals surface area contributed by atoms with E-state index >= 15 is 0 Å². The third-order valence-electron chi connectivity index (χ3n) is 5.37. The SMILES string of the molecule is CC(=O)NC(CF)COC1CCN(c2nc3ccc(OCC4CC4)cc3o2)CC1. The van der Waals surface area contributed by atoms with Gasteiger partial charge >= 0.3 is 0 Å². The molecular weight excluding hydrogens is 377 g/mol. The topological polar surface area (TPSA) is 76.8 Å². The van der Waals surface area contributed by atoms with Crippen LogP contribution in [0.2, 0.25) is 0 Å². The van der Waals surface area contributed by atoms with Crippen molar-refractivity contribution in [3.05, 3.63) is 18.2 Å². The van der Waals surface area contributed by atoms with Crippen LogP contribution in [-0.2, 0) is 9.53 Å². The minimum absolute atomic E-state index is 0.0425. The van der Waals surface area contributed by atoms with E-state index in [0.29, 0.717) is 11.9 Å². The van der Waals surface area contributed by atoms with E-state index in [1.165, 1.54) is 19.8 Å². The smallest absolute Gasteiger partial charge is 0.298 e. The number of ether oxygens (including phenoxy) is 2. The predicted octanol–water partition coefficient (Wildman–Crippen LogP) is 3.08. The monoisotopic (exact) mass is 405 g/mol. The first-order chi connectivity index (χ1) is 14.1. The number of piperidine rings is 1. The summed E-state index contributed by atoms with van der Waals surface area (Å²) in [4.78, 5) is 17.8. The maximum atomic E-state index is 12.9. The minimum Gasteiger partial charge on any atom is -0.493 e. The summed E-state index contributed by atoms with van der Waals surface area (Å²) in [6, 6.07) is 5.80. The van der Waals surface area contributed by atoms with Gasteiger partial charge in [0.25, 0.3) is 6.01 Å². The number of aromatic nitrogens is 1. The third kappa shape index (κ3) is 5.38. The van der Waals surface area contributed by atoms with Gasteiger partial charge in [0.05, 0.1) is 25.4 Å². The van der Waals surface area contributed by atoms with Crippen molar-refractivity contribution in [1.82, 2.24) is 10.3 Å². The van der Waals surface area contributed by atoms with Gasteiger partial charge in [-0.3, -0.25) is 4.79 Å². The molecule has 8 heteroatoms. The van der Waals surface area contributed by atoms with Crippen molar-refractivity contribution in [2.45, 2.75) is 44.8 Å². The van der Waals surface area contributed by atoms with Gasteiger partial charge in [0, 0.05) is 26.1 Å². The van der Waals surface area contributed by atoms with Gasteiger partial charge in [0.15, 0.2) is 5.58 Å². The molecule has 4 rings (SSSR count). The molecule has 1 saturated carbocycles. The highest BCUT2D eigenvalue weighted by Crippen LogP contribution is 2.31. The van der Waals surface area contributed by atoms with Gasteiger partial charge in [0.1, 0.15) is 17.9 Å². The minimum atomic E-state index is -0.631. The highest BCUT2D eigenvalue weighted by molar-refractivity contribution is 5.76. The Kier molecular flexibility index (Phi) is 6.18. The van der Waals surface area contributed by atoms with Gasteiger partial charge in [-0.15, -0.1) is 0 Å². The van der Waals surface area contributed by atoms with Crippen LogP contribution in [0.15, 0.2) is 22.6 Å². The number of carbonyl (C=O) groups is 1. The van der Waals surface area contributed by atoms with Crippen LogP contribution in [0.4, 0.5) is 10.4 Å². The Morgan fingerprint density at radius 1 is 1.34 bits per heavy atom. The molecule has 2 aromatic rings. The van der Waals surface area contributed by atoms with E-state index < -0.39 is 12.7 Å². The highest BCUT2D eigenvalue weighted by Gasteiger charge is 2.25. The molecule has 2 aliphatic rings. The van der Waals surface area contributed by atoms with Gasteiger partial charge < -0.3 is 24.1 Å². The second kappa shape index (κ2) is 8.98. The molecule has 1 saturated heterocycles. The first kappa shape index (κ1) is 19.9. The summed E-state index contributed by atoms with van der Waals surface area (Å²) < 4.78 is 30.5. The van der Waals surface area contributed by atoms with Crippen molar-refractivity contribution in [3.63, 3.8) is 0 Å². The van der Waals surface area contributed by atoms with Gasteiger partial charge in [-0.2, -0.15) is 4.98 Å². The summed E-state index contributed by atoms with van der Waals surface area (Å²) in [6.45, 7) is 3.21. The molecule has 1 aliphatic carbocycles. The zero-order valence-corrected chi connectivity index (χ0v) is 16.7. The number of oxazole rings is 1. The number of anilines is 1. The molecule has 1 N–H and O–H groups in total. The average molecular weight is 405 g/mol. The van der Waals surface area contributed by atoms with E-state index in [9.17, 15) is 9.18 Å². The van der Waals surface area contributed by atoms with Crippen LogP contribution < -0.4 is 15.0 Å². The third-order valence-corrected chi connectivity index (χ3v) is 5.37. The van der Waals surface area contributed by atoms with E-state index in [2.05, 4.69) is 15.2 Å². The number of alkyl halides is 1. The number of nitrogens with zero attached hydrogens (tertiary/aromatic N) is 2. The van der Waals surface area contributed by atoms with Crippen LogP contribution in [0.1, 0.15) is 32.6 Å². The Morgan fingerprint density at radius 2 is 2.14 bits per heavy atom. The quantitative estimate of drug-likeness (QED) is 0.691. The van der Waals surface area contributed by atoms with Gasteiger partial charge in [-0.1, -0.05) is 0 Å². The lowest BCUT2D eigenvalue weighted by molar-refractivity contribution is -0.120. The maximum Gasteiger partial charge on any atom is 0.298 e.